The van der Waals surface area contributed by atoms with Crippen LogP contribution in [0.4, 0.5) is 0 Å². The lowest BCUT2D eigenvalue weighted by Gasteiger charge is -2.23. The van der Waals surface area contributed by atoms with Gasteiger partial charge in [-0.25, -0.2) is 0 Å². The third-order valence-corrected chi connectivity index (χ3v) is 5.99. The van der Waals surface area contributed by atoms with Crippen molar-refractivity contribution in [2.75, 3.05) is 19.8 Å². The Balaban J connectivity index is 1.29. The molecule has 1 atom stereocenters. The lowest BCUT2D eigenvalue weighted by atomic mass is 9.87. The molecular formula is C26H32N2O4. The Bertz CT molecular complexity index is 974. The predicted molar refractivity (Wildman–Crippen MR) is 123 cm³/mol. The van der Waals surface area contributed by atoms with Crippen LogP contribution >= 0.6 is 0 Å². The Morgan fingerprint density at radius 2 is 1.69 bits per heavy atom. The van der Waals surface area contributed by atoms with E-state index in [9.17, 15) is 9.59 Å². The molecular weight excluding hydrogens is 404 g/mol. The Hall–Kier alpha value is -3.02. The van der Waals surface area contributed by atoms with E-state index in [4.69, 9.17) is 9.47 Å². The molecule has 1 fully saturated rings. The minimum Gasteiger partial charge on any atom is -0.486 e. The number of amides is 2. The number of fused-ring (bicyclic) bond motifs is 1. The van der Waals surface area contributed by atoms with E-state index in [1.54, 1.807) is 0 Å². The molecule has 2 N–H and O–H groups in total. The number of carbonyl (C=O) groups excluding carboxylic acids is 2. The molecule has 1 unspecified atom stereocenters. The van der Waals surface area contributed by atoms with Gasteiger partial charge in [0.15, 0.2) is 11.5 Å². The molecule has 32 heavy (non-hydrogen) atoms. The zero-order valence-corrected chi connectivity index (χ0v) is 19.1. The molecule has 6 nitrogen and oxygen atoms in total. The summed E-state index contributed by atoms with van der Waals surface area (Å²) in [5.74, 6) is 1.69. The van der Waals surface area contributed by atoms with Crippen LogP contribution in [-0.2, 0) is 10.2 Å². The lowest BCUT2D eigenvalue weighted by Crippen LogP contribution is -2.33. The SMILES string of the molecule is CC(C)(C)c1ccc(C(=O)NCCC(=O)NC(c2ccc3c(c2)OCCO3)C2CC2)cc1. The molecule has 2 aromatic rings. The van der Waals surface area contributed by atoms with Crippen LogP contribution in [0.1, 0.15) is 67.6 Å². The summed E-state index contributed by atoms with van der Waals surface area (Å²) in [6.07, 6.45) is 2.43. The maximum atomic E-state index is 12.6. The second kappa shape index (κ2) is 9.23. The fraction of sp³-hybridized carbons (Fsp3) is 0.462. The second-order valence-electron chi connectivity index (χ2n) is 9.62. The summed E-state index contributed by atoms with van der Waals surface area (Å²) in [7, 11) is 0. The van der Waals surface area contributed by atoms with Crippen molar-refractivity contribution in [2.24, 2.45) is 5.92 Å². The summed E-state index contributed by atoms with van der Waals surface area (Å²) in [5.41, 5.74) is 2.86. The van der Waals surface area contributed by atoms with Crippen molar-refractivity contribution < 1.29 is 19.1 Å². The largest absolute Gasteiger partial charge is 0.486 e. The van der Waals surface area contributed by atoms with Gasteiger partial charge in [-0.05, 0) is 59.6 Å². The van der Waals surface area contributed by atoms with Gasteiger partial charge >= 0.3 is 0 Å². The van der Waals surface area contributed by atoms with Crippen molar-refractivity contribution in [3.63, 3.8) is 0 Å². The van der Waals surface area contributed by atoms with Crippen LogP contribution in [0, 0.1) is 5.92 Å². The van der Waals surface area contributed by atoms with Crippen LogP contribution in [0.2, 0.25) is 0 Å². The molecule has 1 saturated carbocycles. The first-order valence-electron chi connectivity index (χ1n) is 11.4. The minimum absolute atomic E-state index is 0.0426. The van der Waals surface area contributed by atoms with Crippen molar-refractivity contribution in [2.45, 2.75) is 51.5 Å². The fourth-order valence-corrected chi connectivity index (χ4v) is 3.92. The van der Waals surface area contributed by atoms with E-state index in [1.807, 2.05) is 42.5 Å². The summed E-state index contributed by atoms with van der Waals surface area (Å²) < 4.78 is 11.3. The summed E-state index contributed by atoms with van der Waals surface area (Å²) in [5, 5.41) is 6.00. The number of nitrogens with one attached hydrogen (secondary N) is 2. The van der Waals surface area contributed by atoms with Crippen LogP contribution in [0.15, 0.2) is 42.5 Å². The van der Waals surface area contributed by atoms with Crippen molar-refractivity contribution in [3.05, 3.63) is 59.2 Å². The highest BCUT2D eigenvalue weighted by atomic mass is 16.6. The number of ether oxygens (including phenoxy) is 2. The maximum absolute atomic E-state index is 12.6. The smallest absolute Gasteiger partial charge is 0.251 e. The number of hydrogen-bond donors (Lipinski definition) is 2. The van der Waals surface area contributed by atoms with E-state index in [0.717, 1.165) is 29.9 Å². The van der Waals surface area contributed by atoms with Gasteiger partial charge in [0.05, 0.1) is 6.04 Å². The molecule has 0 radical (unpaired) electrons. The van der Waals surface area contributed by atoms with Gasteiger partial charge in [-0.1, -0.05) is 39.0 Å². The Morgan fingerprint density at radius 3 is 2.34 bits per heavy atom. The first kappa shape index (κ1) is 22.2. The average molecular weight is 437 g/mol. The molecule has 0 aromatic heterocycles. The van der Waals surface area contributed by atoms with Crippen molar-refractivity contribution in [3.8, 4) is 11.5 Å². The van der Waals surface area contributed by atoms with E-state index >= 15 is 0 Å². The van der Waals surface area contributed by atoms with E-state index in [-0.39, 0.29) is 29.7 Å². The molecule has 6 heteroatoms. The third-order valence-electron chi connectivity index (χ3n) is 5.99. The van der Waals surface area contributed by atoms with Gasteiger partial charge < -0.3 is 20.1 Å². The third kappa shape index (κ3) is 5.42. The van der Waals surface area contributed by atoms with Crippen LogP contribution < -0.4 is 20.1 Å². The van der Waals surface area contributed by atoms with Gasteiger partial charge in [0, 0.05) is 18.5 Å². The first-order valence-corrected chi connectivity index (χ1v) is 11.4. The van der Waals surface area contributed by atoms with E-state index in [1.165, 1.54) is 5.56 Å². The predicted octanol–water partition coefficient (Wildman–Crippen LogP) is 4.14. The van der Waals surface area contributed by atoms with Crippen LogP contribution in [0.3, 0.4) is 0 Å². The Labute approximate surface area is 189 Å². The molecule has 0 bridgehead atoms. The van der Waals surface area contributed by atoms with E-state index in [0.29, 0.717) is 31.2 Å². The van der Waals surface area contributed by atoms with Crippen molar-refractivity contribution in [1.29, 1.82) is 0 Å². The summed E-state index contributed by atoms with van der Waals surface area (Å²) in [4.78, 5) is 25.0. The van der Waals surface area contributed by atoms with Crippen molar-refractivity contribution >= 4 is 11.8 Å². The highest BCUT2D eigenvalue weighted by molar-refractivity contribution is 5.94. The van der Waals surface area contributed by atoms with E-state index < -0.39 is 0 Å². The van der Waals surface area contributed by atoms with Crippen LogP contribution in [0.5, 0.6) is 11.5 Å². The van der Waals surface area contributed by atoms with Gasteiger partial charge in [-0.15, -0.1) is 0 Å². The fourth-order valence-electron chi connectivity index (χ4n) is 3.92. The molecule has 2 amide bonds. The Morgan fingerprint density at radius 1 is 1.00 bits per heavy atom. The zero-order valence-electron chi connectivity index (χ0n) is 19.1. The van der Waals surface area contributed by atoms with Gasteiger partial charge in [0.25, 0.3) is 5.91 Å². The molecule has 170 valence electrons. The molecule has 0 saturated heterocycles. The molecule has 2 aliphatic rings. The van der Waals surface area contributed by atoms with Gasteiger partial charge in [-0.2, -0.15) is 0 Å². The first-order chi connectivity index (χ1) is 15.3. The Kier molecular flexibility index (Phi) is 6.40. The molecule has 1 aliphatic heterocycles. The molecule has 1 heterocycles. The van der Waals surface area contributed by atoms with Gasteiger partial charge in [0.2, 0.25) is 5.91 Å². The summed E-state index contributed by atoms with van der Waals surface area (Å²) in [6.45, 7) is 7.81. The molecule has 2 aromatic carbocycles. The van der Waals surface area contributed by atoms with E-state index in [2.05, 4.69) is 31.4 Å². The molecule has 4 rings (SSSR count). The highest BCUT2D eigenvalue weighted by Gasteiger charge is 2.34. The maximum Gasteiger partial charge on any atom is 0.251 e. The normalized spacial score (nSPS) is 16.2. The quantitative estimate of drug-likeness (QED) is 0.684. The van der Waals surface area contributed by atoms with Crippen LogP contribution in [0.25, 0.3) is 0 Å². The number of rotatable bonds is 7. The van der Waals surface area contributed by atoms with Gasteiger partial charge in [0.1, 0.15) is 13.2 Å². The monoisotopic (exact) mass is 436 g/mol. The second-order valence-corrected chi connectivity index (χ2v) is 9.62. The highest BCUT2D eigenvalue weighted by Crippen LogP contribution is 2.43. The van der Waals surface area contributed by atoms with Crippen LogP contribution in [-0.4, -0.2) is 31.6 Å². The zero-order chi connectivity index (χ0) is 22.7. The number of benzene rings is 2. The molecule has 0 spiro atoms. The standard InChI is InChI=1S/C26H32N2O4/c1-26(2,3)20-9-6-18(7-10-20)25(30)27-13-12-23(29)28-24(17-4-5-17)19-8-11-21-22(16-19)32-15-14-31-21/h6-11,16-17,24H,4-5,12-15H2,1-3H3,(H,27,30)(H,28,29). The number of hydrogen-bond acceptors (Lipinski definition) is 4. The average Bonchev–Trinajstić information content (AvgIpc) is 3.62. The lowest BCUT2D eigenvalue weighted by molar-refractivity contribution is -0.121. The van der Waals surface area contributed by atoms with Crippen molar-refractivity contribution in [1.82, 2.24) is 10.6 Å². The summed E-state index contributed by atoms with van der Waals surface area (Å²) >= 11 is 0. The topological polar surface area (TPSA) is 76.7 Å². The van der Waals surface area contributed by atoms with Gasteiger partial charge in [-0.3, -0.25) is 9.59 Å². The summed E-state index contributed by atoms with van der Waals surface area (Å²) in [6, 6.07) is 13.5. The minimum atomic E-state index is -0.163. The molecule has 1 aliphatic carbocycles. The number of carbonyl (C=O) groups is 2.